The van der Waals surface area contributed by atoms with Crippen molar-refractivity contribution in [2.75, 3.05) is 7.05 Å². The fourth-order valence-corrected chi connectivity index (χ4v) is 2.34. The average Bonchev–Trinajstić information content (AvgIpc) is 2.71. The van der Waals surface area contributed by atoms with Gasteiger partial charge < -0.3 is 9.73 Å². The highest BCUT2D eigenvalue weighted by molar-refractivity contribution is 5.73. The summed E-state index contributed by atoms with van der Waals surface area (Å²) < 4.78 is 6.57. The van der Waals surface area contributed by atoms with Crippen molar-refractivity contribution in [2.45, 2.75) is 19.4 Å². The van der Waals surface area contributed by atoms with E-state index in [0.717, 1.165) is 17.5 Å². The van der Waals surface area contributed by atoms with E-state index in [4.69, 9.17) is 4.42 Å². The smallest absolute Gasteiger partial charge is 0.408 e. The van der Waals surface area contributed by atoms with Crippen LogP contribution in [0.2, 0.25) is 0 Å². The predicted octanol–water partition coefficient (Wildman–Crippen LogP) is 1.94. The maximum atomic E-state index is 11.5. The second-order valence-electron chi connectivity index (χ2n) is 4.56. The normalized spacial score (nSPS) is 14.2. The van der Waals surface area contributed by atoms with Crippen LogP contribution in [0.25, 0.3) is 11.1 Å². The Morgan fingerprint density at radius 1 is 1.53 bits per heavy atom. The molecule has 5 nitrogen and oxygen atoms in total. The Morgan fingerprint density at radius 2 is 2.26 bits per heavy atom. The molecule has 2 unspecified atom stereocenters. The predicted molar refractivity (Wildman–Crippen MR) is 72.6 cm³/mol. The minimum Gasteiger partial charge on any atom is -0.408 e. The van der Waals surface area contributed by atoms with Crippen molar-refractivity contribution < 1.29 is 4.42 Å². The molecule has 1 heterocycles. The second-order valence-corrected chi connectivity index (χ2v) is 4.56. The van der Waals surface area contributed by atoms with Crippen LogP contribution < -0.4 is 11.1 Å². The summed E-state index contributed by atoms with van der Waals surface area (Å²) in [6.07, 6.45) is 0.768. The second kappa shape index (κ2) is 5.29. The molecule has 100 valence electrons. The third kappa shape index (κ3) is 2.27. The van der Waals surface area contributed by atoms with E-state index in [9.17, 15) is 10.1 Å². The van der Waals surface area contributed by atoms with Crippen LogP contribution in [0.4, 0.5) is 0 Å². The Hall–Kier alpha value is -2.06. The molecule has 0 aliphatic carbocycles. The largest absolute Gasteiger partial charge is 0.419 e. The molecule has 2 aromatic rings. The number of benzene rings is 1. The minimum atomic E-state index is -0.375. The van der Waals surface area contributed by atoms with Crippen LogP contribution in [0.3, 0.4) is 0 Å². The number of nitrogens with one attached hydrogen (secondary N) is 1. The molecule has 5 heteroatoms. The third-order valence-corrected chi connectivity index (χ3v) is 3.49. The Balaban J connectivity index is 2.53. The molecule has 1 aromatic carbocycles. The summed E-state index contributed by atoms with van der Waals surface area (Å²) >= 11 is 0. The summed E-state index contributed by atoms with van der Waals surface area (Å²) in [5.41, 5.74) is 2.30. The number of hydrogen-bond donors (Lipinski definition) is 1. The first-order valence-electron chi connectivity index (χ1n) is 6.28. The van der Waals surface area contributed by atoms with E-state index in [0.29, 0.717) is 5.58 Å². The van der Waals surface area contributed by atoms with Crippen LogP contribution in [0, 0.1) is 17.2 Å². The van der Waals surface area contributed by atoms with Gasteiger partial charge in [-0.05, 0) is 31.2 Å². The zero-order valence-corrected chi connectivity index (χ0v) is 11.3. The number of hydrogen-bond acceptors (Lipinski definition) is 4. The highest BCUT2D eigenvalue weighted by atomic mass is 16.4. The summed E-state index contributed by atoms with van der Waals surface area (Å²) in [6.45, 7) is 1.99. The Bertz CT molecular complexity index is 678. The fraction of sp³-hybridized carbons (Fsp3) is 0.429. The first kappa shape index (κ1) is 13.4. The number of nitriles is 1. The molecule has 0 bridgehead atoms. The van der Waals surface area contributed by atoms with Crippen molar-refractivity contribution in [3.63, 3.8) is 0 Å². The number of rotatable bonds is 4. The van der Waals surface area contributed by atoms with Crippen molar-refractivity contribution in [3.8, 4) is 6.07 Å². The van der Waals surface area contributed by atoms with E-state index in [2.05, 4.69) is 11.4 Å². The van der Waals surface area contributed by atoms with Gasteiger partial charge in [-0.15, -0.1) is 0 Å². The lowest BCUT2D eigenvalue weighted by Crippen LogP contribution is -2.24. The number of nitrogens with zero attached hydrogens (tertiary/aromatic N) is 2. The molecular weight excluding hydrogens is 242 g/mol. The lowest BCUT2D eigenvalue weighted by atomic mass is 9.92. The third-order valence-electron chi connectivity index (χ3n) is 3.49. The van der Waals surface area contributed by atoms with Gasteiger partial charge in [-0.25, -0.2) is 4.79 Å². The maximum Gasteiger partial charge on any atom is 0.419 e. The van der Waals surface area contributed by atoms with Gasteiger partial charge in [0.05, 0.1) is 17.5 Å². The molecule has 0 aliphatic heterocycles. The molecule has 0 amide bonds. The lowest BCUT2D eigenvalue weighted by Gasteiger charge is -2.20. The minimum absolute atomic E-state index is 0.0515. The molecular formula is C14H17N3O2. The maximum absolute atomic E-state index is 11.5. The molecule has 2 rings (SSSR count). The Labute approximate surface area is 111 Å². The van der Waals surface area contributed by atoms with E-state index >= 15 is 0 Å². The highest BCUT2D eigenvalue weighted by Crippen LogP contribution is 2.26. The van der Waals surface area contributed by atoms with Gasteiger partial charge in [-0.2, -0.15) is 5.26 Å². The van der Waals surface area contributed by atoms with Crippen LogP contribution in [-0.2, 0) is 7.05 Å². The summed E-state index contributed by atoms with van der Waals surface area (Å²) in [4.78, 5) is 11.5. The van der Waals surface area contributed by atoms with Crippen molar-refractivity contribution in [1.29, 1.82) is 5.26 Å². The first-order chi connectivity index (χ1) is 9.12. The van der Waals surface area contributed by atoms with Gasteiger partial charge >= 0.3 is 5.76 Å². The summed E-state index contributed by atoms with van der Waals surface area (Å²) in [6, 6.07) is 7.84. The number of oxazole rings is 1. The van der Waals surface area contributed by atoms with Crippen LogP contribution in [0.15, 0.2) is 27.4 Å². The summed E-state index contributed by atoms with van der Waals surface area (Å²) in [7, 11) is 3.51. The Morgan fingerprint density at radius 3 is 2.84 bits per heavy atom. The van der Waals surface area contributed by atoms with Gasteiger partial charge in [0.15, 0.2) is 5.58 Å². The van der Waals surface area contributed by atoms with Gasteiger partial charge in [0, 0.05) is 13.1 Å². The van der Waals surface area contributed by atoms with E-state index in [-0.39, 0.29) is 17.7 Å². The molecule has 1 aromatic heterocycles. The molecule has 2 atom stereocenters. The van der Waals surface area contributed by atoms with Crippen LogP contribution >= 0.6 is 0 Å². The molecule has 0 saturated carbocycles. The van der Waals surface area contributed by atoms with E-state index in [1.807, 2.05) is 26.1 Å². The summed E-state index contributed by atoms with van der Waals surface area (Å²) in [5.74, 6) is -0.480. The molecule has 0 spiro atoms. The van der Waals surface area contributed by atoms with Gasteiger partial charge in [0.25, 0.3) is 0 Å². The number of fused-ring (bicyclic) bond motifs is 1. The van der Waals surface area contributed by atoms with Crippen LogP contribution in [0.5, 0.6) is 0 Å². The quantitative estimate of drug-likeness (QED) is 0.910. The van der Waals surface area contributed by atoms with Gasteiger partial charge in [0.1, 0.15) is 0 Å². The van der Waals surface area contributed by atoms with Gasteiger partial charge in [-0.1, -0.05) is 13.0 Å². The molecule has 0 radical (unpaired) electrons. The monoisotopic (exact) mass is 259 g/mol. The number of aryl methyl sites for hydroxylation is 1. The molecule has 0 fully saturated rings. The van der Waals surface area contributed by atoms with Crippen LogP contribution in [0.1, 0.15) is 24.9 Å². The molecule has 19 heavy (non-hydrogen) atoms. The standard InChI is InChI=1S/C14H17N3O2/c1-4-9(8-15)13(16-2)10-5-6-12-11(7-10)17(3)14(18)19-12/h5-7,9,13,16H,4H2,1-3H3. The molecule has 1 N–H and O–H groups in total. The topological polar surface area (TPSA) is 71.0 Å². The van der Waals surface area contributed by atoms with Crippen molar-refractivity contribution in [1.82, 2.24) is 9.88 Å². The van der Waals surface area contributed by atoms with Gasteiger partial charge in [0.2, 0.25) is 0 Å². The SMILES string of the molecule is CCC(C#N)C(NC)c1ccc2oc(=O)n(C)c2c1. The van der Waals surface area contributed by atoms with E-state index in [1.54, 1.807) is 13.1 Å². The highest BCUT2D eigenvalue weighted by Gasteiger charge is 2.21. The van der Waals surface area contributed by atoms with Gasteiger partial charge in [-0.3, -0.25) is 4.57 Å². The van der Waals surface area contributed by atoms with Crippen LogP contribution in [-0.4, -0.2) is 11.6 Å². The van der Waals surface area contributed by atoms with E-state index < -0.39 is 0 Å². The van der Waals surface area contributed by atoms with E-state index in [1.165, 1.54) is 4.57 Å². The zero-order valence-electron chi connectivity index (χ0n) is 11.3. The van der Waals surface area contributed by atoms with Crippen molar-refractivity contribution in [3.05, 3.63) is 34.3 Å². The number of aromatic nitrogens is 1. The average molecular weight is 259 g/mol. The summed E-state index contributed by atoms with van der Waals surface area (Å²) in [5, 5.41) is 12.4. The lowest BCUT2D eigenvalue weighted by molar-refractivity contribution is 0.449. The molecule has 0 aliphatic rings. The van der Waals surface area contributed by atoms with Crippen molar-refractivity contribution >= 4 is 11.1 Å². The zero-order chi connectivity index (χ0) is 14.0. The Kier molecular flexibility index (Phi) is 3.72. The first-order valence-corrected chi connectivity index (χ1v) is 6.28. The van der Waals surface area contributed by atoms with Crippen molar-refractivity contribution in [2.24, 2.45) is 13.0 Å². The molecule has 0 saturated heterocycles. The fourth-order valence-electron chi connectivity index (χ4n) is 2.34.